The van der Waals surface area contributed by atoms with Gasteiger partial charge in [-0.3, -0.25) is 9.59 Å². The van der Waals surface area contributed by atoms with E-state index in [1.54, 1.807) is 12.1 Å². The van der Waals surface area contributed by atoms with Crippen molar-refractivity contribution in [2.45, 2.75) is 32.2 Å². The molecule has 0 aromatic carbocycles. The van der Waals surface area contributed by atoms with Gasteiger partial charge in [0.25, 0.3) is 11.8 Å². The van der Waals surface area contributed by atoms with Gasteiger partial charge in [-0.2, -0.15) is 0 Å². The molecule has 0 unspecified atom stereocenters. The maximum absolute atomic E-state index is 12.5. The lowest BCUT2D eigenvalue weighted by Crippen LogP contribution is -2.27. The largest absolute Gasteiger partial charge is 0.454 e. The van der Waals surface area contributed by atoms with Gasteiger partial charge < -0.3 is 20.8 Å². The third kappa shape index (κ3) is 3.22. The SMILES string of the molecule is CNC(=O)c1ccc(CNC(=O)c2nc(N)nc3c2CCCC3)o1. The van der Waals surface area contributed by atoms with Gasteiger partial charge in [-0.15, -0.1) is 0 Å². The number of nitrogens with one attached hydrogen (secondary N) is 2. The van der Waals surface area contributed by atoms with Crippen LogP contribution in [-0.4, -0.2) is 28.8 Å². The molecule has 0 spiro atoms. The van der Waals surface area contributed by atoms with Crippen LogP contribution in [0.5, 0.6) is 0 Å². The number of rotatable bonds is 4. The minimum atomic E-state index is -0.319. The van der Waals surface area contributed by atoms with Crippen LogP contribution in [0.25, 0.3) is 0 Å². The Balaban J connectivity index is 1.72. The lowest BCUT2D eigenvalue weighted by Gasteiger charge is -2.17. The third-order valence-corrected chi connectivity index (χ3v) is 3.95. The Bertz CT molecular complexity index is 784. The molecule has 3 rings (SSSR count). The van der Waals surface area contributed by atoms with E-state index in [-0.39, 0.29) is 30.1 Å². The van der Waals surface area contributed by atoms with Gasteiger partial charge in [-0.05, 0) is 37.8 Å². The van der Waals surface area contributed by atoms with Gasteiger partial charge >= 0.3 is 0 Å². The van der Waals surface area contributed by atoms with Gasteiger partial charge in [0.05, 0.1) is 6.54 Å². The molecule has 0 saturated carbocycles. The van der Waals surface area contributed by atoms with Crippen LogP contribution in [0.2, 0.25) is 0 Å². The molecule has 0 radical (unpaired) electrons. The van der Waals surface area contributed by atoms with Crippen LogP contribution in [0.15, 0.2) is 16.5 Å². The number of nitrogens with two attached hydrogens (primary N) is 1. The van der Waals surface area contributed by atoms with Crippen molar-refractivity contribution in [2.24, 2.45) is 0 Å². The third-order valence-electron chi connectivity index (χ3n) is 3.95. The molecule has 2 heterocycles. The van der Waals surface area contributed by atoms with Crippen molar-refractivity contribution in [1.29, 1.82) is 0 Å². The Kier molecular flexibility index (Phi) is 4.45. The number of hydrogen-bond donors (Lipinski definition) is 3. The summed E-state index contributed by atoms with van der Waals surface area (Å²) in [7, 11) is 1.52. The molecule has 8 heteroatoms. The topological polar surface area (TPSA) is 123 Å². The summed E-state index contributed by atoms with van der Waals surface area (Å²) in [5, 5.41) is 5.23. The summed E-state index contributed by atoms with van der Waals surface area (Å²) in [4.78, 5) is 32.3. The molecule has 24 heavy (non-hydrogen) atoms. The zero-order valence-electron chi connectivity index (χ0n) is 13.4. The zero-order valence-corrected chi connectivity index (χ0v) is 13.4. The summed E-state index contributed by atoms with van der Waals surface area (Å²) in [6, 6.07) is 3.21. The van der Waals surface area contributed by atoms with E-state index in [1.165, 1.54) is 7.05 Å². The number of aryl methyl sites for hydroxylation is 1. The maximum atomic E-state index is 12.5. The van der Waals surface area contributed by atoms with E-state index in [9.17, 15) is 9.59 Å². The smallest absolute Gasteiger partial charge is 0.286 e. The number of hydrogen-bond acceptors (Lipinski definition) is 6. The Labute approximate surface area is 138 Å². The van der Waals surface area contributed by atoms with Crippen molar-refractivity contribution < 1.29 is 14.0 Å². The van der Waals surface area contributed by atoms with Crippen LogP contribution in [0, 0.1) is 0 Å². The van der Waals surface area contributed by atoms with Crippen molar-refractivity contribution >= 4 is 17.8 Å². The number of aromatic nitrogens is 2. The first kappa shape index (κ1) is 16.0. The van der Waals surface area contributed by atoms with Crippen LogP contribution in [0.3, 0.4) is 0 Å². The minimum Gasteiger partial charge on any atom is -0.454 e. The first-order chi connectivity index (χ1) is 11.6. The molecule has 0 atom stereocenters. The molecule has 0 bridgehead atoms. The maximum Gasteiger partial charge on any atom is 0.286 e. The van der Waals surface area contributed by atoms with Crippen molar-refractivity contribution in [3.63, 3.8) is 0 Å². The number of nitrogen functional groups attached to an aromatic ring is 1. The second kappa shape index (κ2) is 6.69. The Morgan fingerprint density at radius 1 is 1.21 bits per heavy atom. The first-order valence-corrected chi connectivity index (χ1v) is 7.82. The van der Waals surface area contributed by atoms with Crippen molar-refractivity contribution in [3.05, 3.63) is 40.6 Å². The Morgan fingerprint density at radius 2 is 2.00 bits per heavy atom. The van der Waals surface area contributed by atoms with Gasteiger partial charge in [-0.25, -0.2) is 9.97 Å². The highest BCUT2D eigenvalue weighted by atomic mass is 16.4. The molecule has 1 aliphatic carbocycles. The van der Waals surface area contributed by atoms with Crippen LogP contribution >= 0.6 is 0 Å². The average molecular weight is 329 g/mol. The minimum absolute atomic E-state index is 0.112. The number of anilines is 1. The standard InChI is InChI=1S/C16H19N5O3/c1-18-14(22)12-7-6-9(24-12)8-19-15(23)13-10-4-2-3-5-11(10)20-16(17)21-13/h6-7H,2-5,8H2,1H3,(H,18,22)(H,19,23)(H2,17,20,21). The van der Waals surface area contributed by atoms with Crippen LogP contribution < -0.4 is 16.4 Å². The number of furan rings is 1. The molecular formula is C16H19N5O3. The number of nitrogens with zero attached hydrogens (tertiary/aromatic N) is 2. The number of amides is 2. The highest BCUT2D eigenvalue weighted by Gasteiger charge is 2.21. The van der Waals surface area contributed by atoms with E-state index in [4.69, 9.17) is 10.2 Å². The summed E-state index contributed by atoms with van der Waals surface area (Å²) >= 11 is 0. The average Bonchev–Trinajstić information content (AvgIpc) is 3.07. The predicted molar refractivity (Wildman–Crippen MR) is 86.4 cm³/mol. The predicted octanol–water partition coefficient (Wildman–Crippen LogP) is 0.820. The highest BCUT2D eigenvalue weighted by Crippen LogP contribution is 2.22. The summed E-state index contributed by atoms with van der Waals surface area (Å²) in [6.45, 7) is 0.161. The molecule has 4 N–H and O–H groups in total. The Hall–Kier alpha value is -2.90. The van der Waals surface area contributed by atoms with Gasteiger partial charge in [-0.1, -0.05) is 0 Å². The second-order valence-corrected chi connectivity index (χ2v) is 5.59. The normalized spacial score (nSPS) is 13.2. The van der Waals surface area contributed by atoms with E-state index in [0.29, 0.717) is 11.5 Å². The number of carbonyl (C=O) groups is 2. The molecule has 2 aromatic heterocycles. The molecular weight excluding hydrogens is 310 g/mol. The van der Waals surface area contributed by atoms with Crippen LogP contribution in [-0.2, 0) is 19.4 Å². The molecule has 8 nitrogen and oxygen atoms in total. The van der Waals surface area contributed by atoms with Gasteiger partial charge in [0.1, 0.15) is 11.5 Å². The molecule has 0 aliphatic heterocycles. The zero-order chi connectivity index (χ0) is 17.1. The highest BCUT2D eigenvalue weighted by molar-refractivity contribution is 5.94. The summed E-state index contributed by atoms with van der Waals surface area (Å²) < 4.78 is 5.37. The molecule has 2 aromatic rings. The Morgan fingerprint density at radius 3 is 2.79 bits per heavy atom. The molecule has 1 aliphatic rings. The monoisotopic (exact) mass is 329 g/mol. The van der Waals surface area contributed by atoms with Crippen molar-refractivity contribution in [2.75, 3.05) is 12.8 Å². The van der Waals surface area contributed by atoms with Crippen LogP contribution in [0.4, 0.5) is 5.95 Å². The summed E-state index contributed by atoms with van der Waals surface area (Å²) in [5.74, 6) is 0.161. The lowest BCUT2D eigenvalue weighted by molar-refractivity contribution is 0.0933. The fourth-order valence-electron chi connectivity index (χ4n) is 2.77. The number of carbonyl (C=O) groups excluding carboxylic acids is 2. The molecule has 2 amide bonds. The second-order valence-electron chi connectivity index (χ2n) is 5.59. The molecule has 0 fully saturated rings. The van der Waals surface area contributed by atoms with E-state index >= 15 is 0 Å². The summed E-state index contributed by atoms with van der Waals surface area (Å²) in [6.07, 6.45) is 3.64. The quantitative estimate of drug-likeness (QED) is 0.763. The van der Waals surface area contributed by atoms with E-state index < -0.39 is 0 Å². The van der Waals surface area contributed by atoms with E-state index in [2.05, 4.69) is 20.6 Å². The van der Waals surface area contributed by atoms with Crippen molar-refractivity contribution in [3.8, 4) is 0 Å². The fraction of sp³-hybridized carbons (Fsp3) is 0.375. The first-order valence-electron chi connectivity index (χ1n) is 7.82. The lowest BCUT2D eigenvalue weighted by atomic mass is 9.94. The van der Waals surface area contributed by atoms with Gasteiger partial charge in [0.2, 0.25) is 5.95 Å². The molecule has 0 saturated heterocycles. The van der Waals surface area contributed by atoms with Crippen LogP contribution in [0.1, 0.15) is 50.9 Å². The van der Waals surface area contributed by atoms with E-state index in [0.717, 1.165) is 36.9 Å². The number of fused-ring (bicyclic) bond motifs is 1. The molecule has 126 valence electrons. The van der Waals surface area contributed by atoms with Crippen molar-refractivity contribution in [1.82, 2.24) is 20.6 Å². The van der Waals surface area contributed by atoms with Gasteiger partial charge in [0.15, 0.2) is 5.76 Å². The van der Waals surface area contributed by atoms with E-state index in [1.807, 2.05) is 0 Å². The summed E-state index contributed by atoms with van der Waals surface area (Å²) in [5.41, 5.74) is 7.78. The van der Waals surface area contributed by atoms with Gasteiger partial charge in [0, 0.05) is 18.3 Å². The fourth-order valence-corrected chi connectivity index (χ4v) is 2.77.